The van der Waals surface area contributed by atoms with Crippen molar-refractivity contribution >= 4 is 57.1 Å². The fraction of sp³-hybridized carbons (Fsp3) is 0.263. The topological polar surface area (TPSA) is 135 Å². The summed E-state index contributed by atoms with van der Waals surface area (Å²) < 4.78 is 5.84. The van der Waals surface area contributed by atoms with Crippen molar-refractivity contribution in [3.63, 3.8) is 0 Å². The molecule has 1 atom stereocenters. The van der Waals surface area contributed by atoms with E-state index in [1.165, 1.54) is 17.7 Å². The lowest BCUT2D eigenvalue weighted by Crippen LogP contribution is -2.39. The number of carbonyl (C=O) groups excluding carboxylic acids is 3. The van der Waals surface area contributed by atoms with Crippen LogP contribution in [0.25, 0.3) is 0 Å². The Morgan fingerprint density at radius 1 is 1.33 bits per heavy atom. The third-order valence-electron chi connectivity index (χ3n) is 3.75. The van der Waals surface area contributed by atoms with Gasteiger partial charge in [0.25, 0.3) is 5.91 Å². The molecule has 2 aromatic rings. The number of hydrogen-bond acceptors (Lipinski definition) is 7. The number of amides is 2. The van der Waals surface area contributed by atoms with Crippen molar-refractivity contribution in [1.29, 1.82) is 0 Å². The summed E-state index contributed by atoms with van der Waals surface area (Å²) in [6.07, 6.45) is 1.28. The number of nitrogens with two attached hydrogens (primary N) is 1. The number of ether oxygens (including phenoxy) is 1. The average Bonchev–Trinajstić information content (AvgIpc) is 3.16. The molecule has 0 saturated carbocycles. The minimum Gasteiger partial charge on any atom is -0.466 e. The van der Waals surface area contributed by atoms with Gasteiger partial charge in [0, 0.05) is 20.3 Å². The highest BCUT2D eigenvalue weighted by atomic mass is 79.9. The second-order valence-corrected chi connectivity index (χ2v) is 7.81. The Balaban J connectivity index is 1.97. The number of aliphatic imine (C=N–C) groups is 1. The molecule has 0 bridgehead atoms. The molecule has 1 aromatic carbocycles. The van der Waals surface area contributed by atoms with Crippen LogP contribution in [0.2, 0.25) is 0 Å². The van der Waals surface area contributed by atoms with E-state index in [9.17, 15) is 14.4 Å². The van der Waals surface area contributed by atoms with Gasteiger partial charge in [0.1, 0.15) is 6.34 Å². The molecule has 0 aliphatic heterocycles. The van der Waals surface area contributed by atoms with Crippen molar-refractivity contribution < 1.29 is 19.1 Å². The first kappa shape index (κ1) is 23.5. The zero-order valence-corrected chi connectivity index (χ0v) is 18.6. The Labute approximate surface area is 186 Å². The smallest absolute Gasteiger partial charge is 0.308 e. The molecule has 1 aromatic heterocycles. The van der Waals surface area contributed by atoms with Gasteiger partial charge in [-0.25, -0.2) is 10.8 Å². The molecular formula is C19H22BrN5O4S. The number of esters is 1. The highest BCUT2D eigenvalue weighted by Gasteiger charge is 2.21. The van der Waals surface area contributed by atoms with Crippen LogP contribution in [-0.2, 0) is 14.3 Å². The van der Waals surface area contributed by atoms with Gasteiger partial charge in [-0.1, -0.05) is 6.07 Å². The van der Waals surface area contributed by atoms with Crippen molar-refractivity contribution in [3.8, 4) is 0 Å². The normalized spacial score (nSPS) is 11.7. The Morgan fingerprint density at radius 3 is 2.80 bits per heavy atom. The summed E-state index contributed by atoms with van der Waals surface area (Å²) in [5.74, 6) is 3.86. The van der Waals surface area contributed by atoms with E-state index in [1.807, 2.05) is 11.4 Å². The van der Waals surface area contributed by atoms with E-state index in [2.05, 4.69) is 37.0 Å². The van der Waals surface area contributed by atoms with Crippen LogP contribution in [0, 0.1) is 0 Å². The molecule has 0 fully saturated rings. The summed E-state index contributed by atoms with van der Waals surface area (Å²) in [7, 11) is 0. The first-order chi connectivity index (χ1) is 14.4. The predicted octanol–water partition coefficient (Wildman–Crippen LogP) is 2.17. The van der Waals surface area contributed by atoms with Gasteiger partial charge in [-0.3, -0.25) is 14.4 Å². The number of rotatable bonds is 10. The predicted molar refractivity (Wildman–Crippen MR) is 118 cm³/mol. The van der Waals surface area contributed by atoms with Crippen LogP contribution in [0.15, 0.2) is 45.2 Å². The second-order valence-electron chi connectivity index (χ2n) is 5.95. The maximum Gasteiger partial charge on any atom is 0.308 e. The van der Waals surface area contributed by atoms with E-state index in [0.717, 1.165) is 9.35 Å². The summed E-state index contributed by atoms with van der Waals surface area (Å²) in [6, 6.07) is 7.82. The zero-order chi connectivity index (χ0) is 21.9. The maximum atomic E-state index is 12.4. The van der Waals surface area contributed by atoms with Gasteiger partial charge in [0.2, 0.25) is 5.91 Å². The molecule has 0 saturated heterocycles. The second kappa shape index (κ2) is 12.1. The molecule has 2 rings (SSSR count). The Morgan fingerprint density at radius 2 is 2.13 bits per heavy atom. The van der Waals surface area contributed by atoms with Crippen molar-refractivity contribution in [2.75, 3.05) is 13.2 Å². The average molecular weight is 496 g/mol. The van der Waals surface area contributed by atoms with Crippen LogP contribution in [0.1, 0.15) is 34.6 Å². The molecule has 30 heavy (non-hydrogen) atoms. The highest BCUT2D eigenvalue weighted by molar-refractivity contribution is 9.10. The van der Waals surface area contributed by atoms with Gasteiger partial charge in [0.05, 0.1) is 31.3 Å². The van der Waals surface area contributed by atoms with Crippen molar-refractivity contribution in [2.45, 2.75) is 19.4 Å². The van der Waals surface area contributed by atoms with Crippen LogP contribution in [0.5, 0.6) is 0 Å². The Hall–Kier alpha value is -2.76. The SMILES string of the molecule is CCOC(=O)CC(NC(=O)CNC(=O)c1cccc(N=CNN)c1)c1cc(Br)cs1. The summed E-state index contributed by atoms with van der Waals surface area (Å²) >= 11 is 4.77. The molecule has 0 radical (unpaired) electrons. The zero-order valence-electron chi connectivity index (χ0n) is 16.2. The highest BCUT2D eigenvalue weighted by Crippen LogP contribution is 2.28. The van der Waals surface area contributed by atoms with Crippen molar-refractivity contribution in [2.24, 2.45) is 10.8 Å². The van der Waals surface area contributed by atoms with Gasteiger partial charge in [0.15, 0.2) is 0 Å². The van der Waals surface area contributed by atoms with Gasteiger partial charge in [-0.15, -0.1) is 11.3 Å². The van der Waals surface area contributed by atoms with Crippen LogP contribution < -0.4 is 21.9 Å². The Bertz CT molecular complexity index is 918. The van der Waals surface area contributed by atoms with E-state index in [1.54, 1.807) is 31.2 Å². The molecule has 5 N–H and O–H groups in total. The molecule has 160 valence electrons. The molecule has 0 spiro atoms. The minimum atomic E-state index is -0.550. The standard InChI is InChI=1S/C19H22BrN5O4S/c1-2-29-18(27)8-15(16-7-13(20)10-30-16)25-17(26)9-22-19(28)12-4-3-5-14(6-12)23-11-24-21/h3-7,10-11,15H,2,8-9,21H2,1H3,(H,22,28)(H,23,24)(H,25,26). The number of halogens is 1. The third kappa shape index (κ3) is 7.58. The summed E-state index contributed by atoms with van der Waals surface area (Å²) in [5, 5.41) is 7.19. The number of nitrogens with zero attached hydrogens (tertiary/aromatic N) is 1. The lowest BCUT2D eigenvalue weighted by Gasteiger charge is -2.17. The molecule has 0 aliphatic rings. The monoisotopic (exact) mass is 495 g/mol. The number of nitrogens with one attached hydrogen (secondary N) is 3. The van der Waals surface area contributed by atoms with E-state index >= 15 is 0 Å². The number of thiophene rings is 1. The third-order valence-corrected chi connectivity index (χ3v) is 5.56. The van der Waals surface area contributed by atoms with Gasteiger partial charge in [-0.2, -0.15) is 0 Å². The van der Waals surface area contributed by atoms with E-state index in [4.69, 9.17) is 10.6 Å². The van der Waals surface area contributed by atoms with Crippen LogP contribution in [0.4, 0.5) is 5.69 Å². The minimum absolute atomic E-state index is 0.00426. The fourth-order valence-electron chi connectivity index (χ4n) is 2.47. The molecule has 1 heterocycles. The van der Waals surface area contributed by atoms with E-state index in [0.29, 0.717) is 11.3 Å². The van der Waals surface area contributed by atoms with Crippen LogP contribution in [0.3, 0.4) is 0 Å². The molecular weight excluding hydrogens is 474 g/mol. The van der Waals surface area contributed by atoms with E-state index in [-0.39, 0.29) is 19.6 Å². The maximum absolute atomic E-state index is 12.4. The number of carbonyl (C=O) groups is 3. The lowest BCUT2D eigenvalue weighted by atomic mass is 10.1. The summed E-state index contributed by atoms with van der Waals surface area (Å²) in [4.78, 5) is 41.4. The Kier molecular flexibility index (Phi) is 9.45. The fourth-order valence-corrected chi connectivity index (χ4v) is 3.96. The van der Waals surface area contributed by atoms with Gasteiger partial charge >= 0.3 is 5.97 Å². The van der Waals surface area contributed by atoms with Crippen molar-refractivity contribution in [1.82, 2.24) is 16.1 Å². The van der Waals surface area contributed by atoms with E-state index < -0.39 is 23.8 Å². The first-order valence-corrected chi connectivity index (χ1v) is 10.7. The van der Waals surface area contributed by atoms with Crippen LogP contribution in [-0.4, -0.2) is 37.3 Å². The van der Waals surface area contributed by atoms with Crippen molar-refractivity contribution in [3.05, 3.63) is 50.6 Å². The number of hydrogen-bond donors (Lipinski definition) is 4. The largest absolute Gasteiger partial charge is 0.466 e. The lowest BCUT2D eigenvalue weighted by molar-refractivity contribution is -0.143. The molecule has 11 heteroatoms. The first-order valence-electron chi connectivity index (χ1n) is 8.98. The number of hydrazine groups is 1. The molecule has 1 unspecified atom stereocenters. The quantitative estimate of drug-likeness (QED) is 0.131. The molecule has 9 nitrogen and oxygen atoms in total. The number of benzene rings is 1. The van der Waals surface area contributed by atoms with Gasteiger partial charge in [-0.05, 0) is 47.1 Å². The molecule has 0 aliphatic carbocycles. The summed E-state index contributed by atoms with van der Waals surface area (Å²) in [6.45, 7) is 1.73. The summed E-state index contributed by atoms with van der Waals surface area (Å²) in [5.41, 5.74) is 3.16. The van der Waals surface area contributed by atoms with Gasteiger partial charge < -0.3 is 20.8 Å². The molecule has 2 amide bonds. The van der Waals surface area contributed by atoms with Crippen LogP contribution >= 0.6 is 27.3 Å².